The molecular weight excluding hydrogens is 286 g/mol. The minimum absolute atomic E-state index is 0.0335. The van der Waals surface area contributed by atoms with Crippen molar-refractivity contribution in [1.29, 1.82) is 0 Å². The summed E-state index contributed by atoms with van der Waals surface area (Å²) in [4.78, 5) is 23.7. The molecule has 1 heterocycles. The number of carboxylic acid groups (broad SMARTS) is 1. The third-order valence-electron chi connectivity index (χ3n) is 5.12. The normalized spacial score (nSPS) is 30.8. The van der Waals surface area contributed by atoms with E-state index in [0.717, 1.165) is 37.2 Å². The highest BCUT2D eigenvalue weighted by molar-refractivity contribution is 7.99. The van der Waals surface area contributed by atoms with Crippen LogP contribution in [0.2, 0.25) is 0 Å². The molecule has 21 heavy (non-hydrogen) atoms. The summed E-state index contributed by atoms with van der Waals surface area (Å²) in [6.07, 6.45) is 6.05. The highest BCUT2D eigenvalue weighted by Crippen LogP contribution is 2.38. The molecule has 1 aliphatic heterocycles. The van der Waals surface area contributed by atoms with Gasteiger partial charge in [-0.05, 0) is 61.9 Å². The zero-order chi connectivity index (χ0) is 15.3. The van der Waals surface area contributed by atoms with Crippen molar-refractivity contribution in [3.63, 3.8) is 0 Å². The van der Waals surface area contributed by atoms with Crippen molar-refractivity contribution in [3.8, 4) is 0 Å². The average molecular weight is 313 g/mol. The molecule has 0 atom stereocenters. The molecule has 4 nitrogen and oxygen atoms in total. The van der Waals surface area contributed by atoms with Gasteiger partial charge in [0.15, 0.2) is 0 Å². The Morgan fingerprint density at radius 1 is 1.19 bits per heavy atom. The molecule has 1 amide bonds. The molecule has 0 aromatic carbocycles. The molecule has 0 radical (unpaired) electrons. The van der Waals surface area contributed by atoms with E-state index in [1.165, 1.54) is 0 Å². The number of carboxylic acids is 1. The lowest BCUT2D eigenvalue weighted by Crippen LogP contribution is -2.45. The van der Waals surface area contributed by atoms with E-state index in [1.54, 1.807) is 0 Å². The quantitative estimate of drug-likeness (QED) is 0.819. The zero-order valence-corrected chi connectivity index (χ0v) is 13.7. The van der Waals surface area contributed by atoms with E-state index in [4.69, 9.17) is 0 Å². The summed E-state index contributed by atoms with van der Waals surface area (Å²) in [6.45, 7) is 2.47. The van der Waals surface area contributed by atoms with Crippen molar-refractivity contribution in [3.05, 3.63) is 0 Å². The summed E-state index contributed by atoms with van der Waals surface area (Å²) in [5.41, 5.74) is -0.732. The Morgan fingerprint density at radius 2 is 1.81 bits per heavy atom. The Morgan fingerprint density at radius 3 is 2.38 bits per heavy atom. The molecule has 5 heteroatoms. The first-order chi connectivity index (χ1) is 10.0. The predicted octanol–water partition coefficient (Wildman–Crippen LogP) is 2.92. The van der Waals surface area contributed by atoms with Crippen LogP contribution in [0.5, 0.6) is 0 Å². The highest BCUT2D eigenvalue weighted by atomic mass is 32.2. The van der Waals surface area contributed by atoms with Gasteiger partial charge in [-0.2, -0.15) is 11.8 Å². The van der Waals surface area contributed by atoms with Crippen LogP contribution in [0.25, 0.3) is 0 Å². The van der Waals surface area contributed by atoms with Crippen LogP contribution in [0.15, 0.2) is 0 Å². The lowest BCUT2D eigenvalue weighted by atomic mass is 9.71. The van der Waals surface area contributed by atoms with Crippen molar-refractivity contribution in [1.82, 2.24) is 5.32 Å². The molecule has 0 aromatic heterocycles. The maximum atomic E-state index is 12.1. The monoisotopic (exact) mass is 313 g/mol. The molecule has 2 aliphatic rings. The summed E-state index contributed by atoms with van der Waals surface area (Å²) in [7, 11) is 0. The van der Waals surface area contributed by atoms with Gasteiger partial charge in [0.05, 0.1) is 5.41 Å². The van der Waals surface area contributed by atoms with Gasteiger partial charge in [-0.1, -0.05) is 6.92 Å². The molecule has 2 N–H and O–H groups in total. The fraction of sp³-hybridized carbons (Fsp3) is 0.875. The Labute approximate surface area is 131 Å². The van der Waals surface area contributed by atoms with Crippen LogP contribution < -0.4 is 5.32 Å². The third kappa shape index (κ3) is 4.63. The number of carbonyl (C=O) groups excluding carboxylic acids is 1. The Balaban J connectivity index is 1.81. The topological polar surface area (TPSA) is 66.4 Å². The van der Waals surface area contributed by atoms with E-state index in [2.05, 4.69) is 12.2 Å². The Bertz CT molecular complexity index is 372. The standard InChI is InChI=1S/C16H27NO3S/c1-12-2-6-16(7-3-12,15(19)20)11-17-14(18)10-13-4-8-21-9-5-13/h12-13H,2-11H2,1H3,(H,17,18)(H,19,20). The van der Waals surface area contributed by atoms with Crippen molar-refractivity contribution in [2.24, 2.45) is 17.3 Å². The summed E-state index contributed by atoms with van der Waals surface area (Å²) in [5, 5.41) is 12.5. The van der Waals surface area contributed by atoms with E-state index in [1.807, 2.05) is 11.8 Å². The SMILES string of the molecule is CC1CCC(CNC(=O)CC2CCSCC2)(C(=O)O)CC1. The number of carbonyl (C=O) groups is 2. The summed E-state index contributed by atoms with van der Waals surface area (Å²) in [5.74, 6) is 2.67. The van der Waals surface area contributed by atoms with Crippen molar-refractivity contribution >= 4 is 23.6 Å². The second-order valence-electron chi connectivity index (χ2n) is 6.80. The lowest BCUT2D eigenvalue weighted by molar-refractivity contribution is -0.151. The van der Waals surface area contributed by atoms with E-state index >= 15 is 0 Å². The van der Waals surface area contributed by atoms with Gasteiger partial charge in [0.25, 0.3) is 0 Å². The van der Waals surface area contributed by atoms with Crippen LogP contribution in [-0.4, -0.2) is 35.0 Å². The minimum atomic E-state index is -0.747. The Hall–Kier alpha value is -0.710. The van der Waals surface area contributed by atoms with Crippen molar-refractivity contribution in [2.75, 3.05) is 18.1 Å². The van der Waals surface area contributed by atoms with Gasteiger partial charge in [-0.25, -0.2) is 0 Å². The van der Waals surface area contributed by atoms with Crippen LogP contribution in [0.3, 0.4) is 0 Å². The maximum Gasteiger partial charge on any atom is 0.311 e. The molecule has 1 aliphatic carbocycles. The second kappa shape index (κ2) is 7.52. The van der Waals surface area contributed by atoms with E-state index in [0.29, 0.717) is 37.6 Å². The number of thioether (sulfide) groups is 1. The number of hydrogen-bond donors (Lipinski definition) is 2. The van der Waals surface area contributed by atoms with Crippen molar-refractivity contribution in [2.45, 2.75) is 51.9 Å². The van der Waals surface area contributed by atoms with Gasteiger partial charge in [0.2, 0.25) is 5.91 Å². The molecule has 2 rings (SSSR count). The van der Waals surface area contributed by atoms with E-state index < -0.39 is 11.4 Å². The van der Waals surface area contributed by atoms with Crippen LogP contribution in [-0.2, 0) is 9.59 Å². The van der Waals surface area contributed by atoms with Crippen LogP contribution in [0.1, 0.15) is 51.9 Å². The first kappa shape index (κ1) is 16.7. The number of hydrogen-bond acceptors (Lipinski definition) is 3. The van der Waals surface area contributed by atoms with E-state index in [9.17, 15) is 14.7 Å². The van der Waals surface area contributed by atoms with Crippen molar-refractivity contribution < 1.29 is 14.7 Å². The fourth-order valence-electron chi connectivity index (χ4n) is 3.33. The number of rotatable bonds is 5. The largest absolute Gasteiger partial charge is 0.481 e. The maximum absolute atomic E-state index is 12.1. The zero-order valence-electron chi connectivity index (χ0n) is 12.9. The third-order valence-corrected chi connectivity index (χ3v) is 6.17. The molecule has 1 saturated carbocycles. The summed E-state index contributed by atoms with van der Waals surface area (Å²) >= 11 is 1.96. The first-order valence-electron chi connectivity index (χ1n) is 8.10. The lowest BCUT2D eigenvalue weighted by Gasteiger charge is -2.36. The number of amides is 1. The minimum Gasteiger partial charge on any atom is -0.481 e. The van der Waals surface area contributed by atoms with Gasteiger partial charge in [0, 0.05) is 13.0 Å². The van der Waals surface area contributed by atoms with Gasteiger partial charge in [0.1, 0.15) is 0 Å². The summed E-state index contributed by atoms with van der Waals surface area (Å²) < 4.78 is 0. The Kier molecular flexibility index (Phi) is 5.97. The predicted molar refractivity (Wildman–Crippen MR) is 85.4 cm³/mol. The fourth-order valence-corrected chi connectivity index (χ4v) is 4.54. The molecular formula is C16H27NO3S. The van der Waals surface area contributed by atoms with Gasteiger partial charge in [-0.15, -0.1) is 0 Å². The van der Waals surface area contributed by atoms with Gasteiger partial charge >= 0.3 is 5.97 Å². The van der Waals surface area contributed by atoms with Crippen LogP contribution >= 0.6 is 11.8 Å². The average Bonchev–Trinajstić information content (AvgIpc) is 2.48. The highest BCUT2D eigenvalue weighted by Gasteiger charge is 2.41. The van der Waals surface area contributed by atoms with Gasteiger partial charge < -0.3 is 10.4 Å². The number of aliphatic carboxylic acids is 1. The van der Waals surface area contributed by atoms with Crippen LogP contribution in [0.4, 0.5) is 0 Å². The smallest absolute Gasteiger partial charge is 0.311 e. The molecule has 0 spiro atoms. The van der Waals surface area contributed by atoms with Gasteiger partial charge in [-0.3, -0.25) is 9.59 Å². The molecule has 0 aromatic rings. The number of nitrogens with one attached hydrogen (secondary N) is 1. The molecule has 120 valence electrons. The molecule has 0 unspecified atom stereocenters. The molecule has 1 saturated heterocycles. The summed E-state index contributed by atoms with van der Waals surface area (Å²) in [6, 6.07) is 0. The molecule has 0 bridgehead atoms. The second-order valence-corrected chi connectivity index (χ2v) is 8.03. The van der Waals surface area contributed by atoms with E-state index in [-0.39, 0.29) is 5.91 Å². The first-order valence-corrected chi connectivity index (χ1v) is 9.25. The molecule has 2 fully saturated rings. The van der Waals surface area contributed by atoms with Crippen LogP contribution in [0, 0.1) is 17.3 Å².